The molecular weight excluding hydrogens is 350 g/mol. The fourth-order valence-electron chi connectivity index (χ4n) is 3.46. The number of hydrogen-bond acceptors (Lipinski definition) is 3. The average molecular weight is 382 g/mol. The Morgan fingerprint density at radius 2 is 1.81 bits per heavy atom. The maximum atomic E-state index is 12.7. The van der Waals surface area contributed by atoms with Gasteiger partial charge < -0.3 is 5.32 Å². The number of aryl methyl sites for hydroxylation is 3. The van der Waals surface area contributed by atoms with Gasteiger partial charge in [-0.2, -0.15) is 17.0 Å². The van der Waals surface area contributed by atoms with Gasteiger partial charge in [-0.15, -0.1) is 0 Å². The van der Waals surface area contributed by atoms with Gasteiger partial charge in [-0.3, -0.25) is 4.79 Å². The summed E-state index contributed by atoms with van der Waals surface area (Å²) in [5.41, 5.74) is 4.70. The van der Waals surface area contributed by atoms with Gasteiger partial charge in [0.15, 0.2) is 0 Å². The van der Waals surface area contributed by atoms with Crippen molar-refractivity contribution >= 4 is 16.1 Å². The molecule has 0 unspecified atom stereocenters. The Hall–Kier alpha value is -1.44. The van der Waals surface area contributed by atoms with Crippen molar-refractivity contribution in [2.75, 3.05) is 27.2 Å². The third kappa shape index (κ3) is 4.45. The standard InChI is InChI=1S/C19H31N3O3S/c1-13-10-15(3)18(11-14(13)2)16(4)20-19(23)17-8-7-9-22(12-17)26(24,25)21(5)6/h10-11,16-17H,7-9,12H2,1-6H3,(H,20,23)/t16-,17-/m1/s1. The maximum absolute atomic E-state index is 12.7. The van der Waals surface area contributed by atoms with Gasteiger partial charge in [-0.05, 0) is 62.8 Å². The Morgan fingerprint density at radius 1 is 1.19 bits per heavy atom. The van der Waals surface area contributed by atoms with Crippen LogP contribution in [-0.4, -0.2) is 50.1 Å². The van der Waals surface area contributed by atoms with Gasteiger partial charge in [0.25, 0.3) is 10.2 Å². The third-order valence-corrected chi connectivity index (χ3v) is 7.16. The number of hydrogen-bond donors (Lipinski definition) is 1. The lowest BCUT2D eigenvalue weighted by Crippen LogP contribution is -2.49. The second-order valence-corrected chi connectivity index (χ2v) is 9.65. The summed E-state index contributed by atoms with van der Waals surface area (Å²) in [5.74, 6) is -0.387. The summed E-state index contributed by atoms with van der Waals surface area (Å²) in [6, 6.07) is 4.15. The van der Waals surface area contributed by atoms with Crippen LogP contribution in [0.3, 0.4) is 0 Å². The van der Waals surface area contributed by atoms with Gasteiger partial charge in [0.2, 0.25) is 5.91 Å². The Balaban J connectivity index is 2.09. The highest BCUT2D eigenvalue weighted by molar-refractivity contribution is 7.86. The molecule has 7 heteroatoms. The van der Waals surface area contributed by atoms with Crippen LogP contribution in [0, 0.1) is 26.7 Å². The van der Waals surface area contributed by atoms with E-state index in [2.05, 4.69) is 38.2 Å². The largest absolute Gasteiger partial charge is 0.349 e. The third-order valence-electron chi connectivity index (χ3n) is 5.25. The van der Waals surface area contributed by atoms with E-state index in [4.69, 9.17) is 0 Å². The molecule has 1 N–H and O–H groups in total. The van der Waals surface area contributed by atoms with Gasteiger partial charge >= 0.3 is 0 Å². The fourth-order valence-corrected chi connectivity index (χ4v) is 4.65. The van der Waals surface area contributed by atoms with Crippen LogP contribution in [0.5, 0.6) is 0 Å². The minimum Gasteiger partial charge on any atom is -0.349 e. The molecule has 1 aliphatic rings. The van der Waals surface area contributed by atoms with Crippen LogP contribution in [0.2, 0.25) is 0 Å². The molecule has 2 rings (SSSR count). The van der Waals surface area contributed by atoms with E-state index in [1.54, 1.807) is 0 Å². The number of carbonyl (C=O) groups is 1. The summed E-state index contributed by atoms with van der Waals surface area (Å²) in [5, 5.41) is 3.08. The minimum absolute atomic E-state index is 0.0752. The van der Waals surface area contributed by atoms with Crippen LogP contribution in [-0.2, 0) is 15.0 Å². The Labute approximate surface area is 157 Å². The summed E-state index contributed by atoms with van der Waals surface area (Å²) in [4.78, 5) is 12.7. The first-order valence-electron chi connectivity index (χ1n) is 9.09. The van der Waals surface area contributed by atoms with Crippen LogP contribution in [0.25, 0.3) is 0 Å². The number of benzene rings is 1. The lowest BCUT2D eigenvalue weighted by molar-refractivity contribution is -0.126. The molecule has 1 saturated heterocycles. The van der Waals surface area contributed by atoms with Crippen molar-refractivity contribution in [2.45, 2.75) is 46.6 Å². The normalized spacial score (nSPS) is 20.2. The minimum atomic E-state index is -3.48. The second kappa shape index (κ2) is 8.06. The number of piperidine rings is 1. The lowest BCUT2D eigenvalue weighted by atomic mass is 9.95. The van der Waals surface area contributed by atoms with Crippen molar-refractivity contribution < 1.29 is 13.2 Å². The van der Waals surface area contributed by atoms with E-state index in [0.29, 0.717) is 19.4 Å². The number of carbonyl (C=O) groups excluding carboxylic acids is 1. The zero-order chi connectivity index (χ0) is 19.6. The fraction of sp³-hybridized carbons (Fsp3) is 0.632. The topological polar surface area (TPSA) is 69.7 Å². The molecular formula is C19H31N3O3S. The van der Waals surface area contributed by atoms with Crippen LogP contribution < -0.4 is 5.32 Å². The van der Waals surface area contributed by atoms with Gasteiger partial charge in [0, 0.05) is 27.2 Å². The molecule has 26 heavy (non-hydrogen) atoms. The molecule has 0 aliphatic carbocycles. The monoisotopic (exact) mass is 381 g/mol. The van der Waals surface area contributed by atoms with E-state index in [1.165, 1.54) is 33.8 Å². The van der Waals surface area contributed by atoms with Crippen molar-refractivity contribution in [1.29, 1.82) is 0 Å². The average Bonchev–Trinajstić information content (AvgIpc) is 2.57. The van der Waals surface area contributed by atoms with E-state index in [-0.39, 0.29) is 24.4 Å². The molecule has 1 aliphatic heterocycles. The SMILES string of the molecule is Cc1cc(C)c([C@@H](C)NC(=O)[C@@H]2CCCN(S(=O)(=O)N(C)C)C2)cc1C. The van der Waals surface area contributed by atoms with Gasteiger partial charge in [-0.25, -0.2) is 0 Å². The van der Waals surface area contributed by atoms with Crippen LogP contribution in [0.4, 0.5) is 0 Å². The molecule has 6 nitrogen and oxygen atoms in total. The molecule has 0 radical (unpaired) electrons. The zero-order valence-electron chi connectivity index (χ0n) is 16.7. The van der Waals surface area contributed by atoms with Gasteiger partial charge in [0.1, 0.15) is 0 Å². The highest BCUT2D eigenvalue weighted by Gasteiger charge is 2.33. The zero-order valence-corrected chi connectivity index (χ0v) is 17.5. The molecule has 1 fully saturated rings. The molecule has 2 atom stereocenters. The van der Waals surface area contributed by atoms with Crippen molar-refractivity contribution in [3.05, 3.63) is 34.4 Å². The first-order chi connectivity index (χ1) is 12.0. The van der Waals surface area contributed by atoms with Crippen molar-refractivity contribution in [3.8, 4) is 0 Å². The summed E-state index contributed by atoms with van der Waals surface area (Å²) < 4.78 is 27.3. The predicted molar refractivity (Wildman–Crippen MR) is 104 cm³/mol. The maximum Gasteiger partial charge on any atom is 0.281 e. The molecule has 0 aromatic heterocycles. The highest BCUT2D eigenvalue weighted by Crippen LogP contribution is 2.24. The quantitative estimate of drug-likeness (QED) is 0.851. The van der Waals surface area contributed by atoms with Crippen molar-refractivity contribution in [1.82, 2.24) is 13.9 Å². The summed E-state index contributed by atoms with van der Waals surface area (Å²) in [6.45, 7) is 8.89. The first kappa shape index (κ1) is 20.9. The number of nitrogens with zero attached hydrogens (tertiary/aromatic N) is 2. The molecule has 0 saturated carbocycles. The van der Waals surface area contributed by atoms with Crippen molar-refractivity contribution in [3.63, 3.8) is 0 Å². The predicted octanol–water partition coefficient (Wildman–Crippen LogP) is 2.31. The first-order valence-corrected chi connectivity index (χ1v) is 10.5. The number of rotatable bonds is 5. The van der Waals surface area contributed by atoms with E-state index < -0.39 is 10.2 Å². The smallest absolute Gasteiger partial charge is 0.281 e. The van der Waals surface area contributed by atoms with Gasteiger partial charge in [0.05, 0.1) is 12.0 Å². The van der Waals surface area contributed by atoms with E-state index >= 15 is 0 Å². The van der Waals surface area contributed by atoms with E-state index in [1.807, 2.05) is 6.92 Å². The molecule has 0 bridgehead atoms. The Morgan fingerprint density at radius 3 is 2.42 bits per heavy atom. The summed E-state index contributed by atoms with van der Waals surface area (Å²) >= 11 is 0. The Kier molecular flexibility index (Phi) is 6.47. The van der Waals surface area contributed by atoms with Crippen LogP contribution >= 0.6 is 0 Å². The Bertz CT molecular complexity index is 774. The molecule has 1 aromatic carbocycles. The van der Waals surface area contributed by atoms with Crippen LogP contribution in [0.15, 0.2) is 12.1 Å². The number of amides is 1. The molecule has 146 valence electrons. The van der Waals surface area contributed by atoms with Crippen LogP contribution in [0.1, 0.15) is 48.1 Å². The lowest BCUT2D eigenvalue weighted by Gasteiger charge is -2.33. The highest BCUT2D eigenvalue weighted by atomic mass is 32.2. The molecule has 1 aromatic rings. The van der Waals surface area contributed by atoms with E-state index in [0.717, 1.165) is 11.1 Å². The van der Waals surface area contributed by atoms with E-state index in [9.17, 15) is 13.2 Å². The number of nitrogens with one attached hydrogen (secondary N) is 1. The van der Waals surface area contributed by atoms with Crippen molar-refractivity contribution in [2.24, 2.45) is 5.92 Å². The molecule has 1 amide bonds. The summed E-state index contributed by atoms with van der Waals surface area (Å²) in [7, 11) is -0.443. The summed E-state index contributed by atoms with van der Waals surface area (Å²) in [6.07, 6.45) is 1.41. The van der Waals surface area contributed by atoms with Gasteiger partial charge in [-0.1, -0.05) is 12.1 Å². The molecule has 1 heterocycles. The second-order valence-electron chi connectivity index (χ2n) is 7.51. The molecule has 0 spiro atoms.